The van der Waals surface area contributed by atoms with E-state index in [0.29, 0.717) is 0 Å². The summed E-state index contributed by atoms with van der Waals surface area (Å²) in [5, 5.41) is 2.67. The summed E-state index contributed by atoms with van der Waals surface area (Å²) in [6, 6.07) is 9.22. The SMILES string of the molecule is C=CC(CC/C=C(/C)COC(=O)Nc1ccccc1)OC. The van der Waals surface area contributed by atoms with Crippen LogP contribution in [0.4, 0.5) is 10.5 Å². The molecule has 0 radical (unpaired) electrons. The zero-order chi connectivity index (χ0) is 15.5. The third-order valence-corrected chi connectivity index (χ3v) is 2.96. The van der Waals surface area contributed by atoms with E-state index in [1.54, 1.807) is 13.2 Å². The maximum absolute atomic E-state index is 11.6. The maximum Gasteiger partial charge on any atom is 0.411 e. The number of amides is 1. The summed E-state index contributed by atoms with van der Waals surface area (Å²) in [6.45, 7) is 5.92. The molecule has 1 rings (SSSR count). The highest BCUT2D eigenvalue weighted by molar-refractivity contribution is 5.84. The van der Waals surface area contributed by atoms with Gasteiger partial charge < -0.3 is 9.47 Å². The van der Waals surface area contributed by atoms with Crippen LogP contribution in [0, 0.1) is 0 Å². The molecule has 1 atom stereocenters. The molecule has 0 spiro atoms. The highest BCUT2D eigenvalue weighted by Crippen LogP contribution is 2.08. The van der Waals surface area contributed by atoms with Crippen LogP contribution in [0.2, 0.25) is 0 Å². The zero-order valence-corrected chi connectivity index (χ0v) is 12.7. The Bertz CT molecular complexity index is 468. The van der Waals surface area contributed by atoms with Gasteiger partial charge in [0.2, 0.25) is 0 Å². The number of carbonyl (C=O) groups is 1. The lowest BCUT2D eigenvalue weighted by Gasteiger charge is -2.09. The zero-order valence-electron chi connectivity index (χ0n) is 12.7. The number of anilines is 1. The van der Waals surface area contributed by atoms with Crippen molar-refractivity contribution in [3.05, 3.63) is 54.6 Å². The van der Waals surface area contributed by atoms with Crippen molar-refractivity contribution in [2.24, 2.45) is 0 Å². The first kappa shape index (κ1) is 17.0. The molecule has 4 nitrogen and oxygen atoms in total. The van der Waals surface area contributed by atoms with Crippen LogP contribution in [0.3, 0.4) is 0 Å². The number of allylic oxidation sites excluding steroid dienone is 1. The molecule has 0 aliphatic rings. The Kier molecular flexibility index (Phi) is 7.90. The monoisotopic (exact) mass is 289 g/mol. The number of rotatable bonds is 8. The molecule has 0 saturated heterocycles. The van der Waals surface area contributed by atoms with Gasteiger partial charge in [0.05, 0.1) is 6.10 Å². The lowest BCUT2D eigenvalue weighted by molar-refractivity contribution is 0.134. The van der Waals surface area contributed by atoms with Crippen molar-refractivity contribution in [2.75, 3.05) is 19.0 Å². The minimum Gasteiger partial charge on any atom is -0.445 e. The topological polar surface area (TPSA) is 47.6 Å². The van der Waals surface area contributed by atoms with Crippen LogP contribution >= 0.6 is 0 Å². The molecule has 21 heavy (non-hydrogen) atoms. The number of para-hydroxylation sites is 1. The number of nitrogens with one attached hydrogen (secondary N) is 1. The molecule has 1 aromatic carbocycles. The van der Waals surface area contributed by atoms with Crippen molar-refractivity contribution in [2.45, 2.75) is 25.9 Å². The van der Waals surface area contributed by atoms with E-state index < -0.39 is 6.09 Å². The normalized spacial score (nSPS) is 12.6. The average Bonchev–Trinajstić information content (AvgIpc) is 2.50. The second-order valence-corrected chi connectivity index (χ2v) is 4.70. The van der Waals surface area contributed by atoms with Crippen LogP contribution in [-0.2, 0) is 9.47 Å². The standard InChI is InChI=1S/C17H23NO3/c1-4-16(20-3)12-8-9-14(2)13-21-17(19)18-15-10-6-5-7-11-15/h4-7,9-11,16H,1,8,12-13H2,2-3H3,(H,18,19)/b14-9-. The third kappa shape index (κ3) is 7.32. The lowest BCUT2D eigenvalue weighted by Crippen LogP contribution is -2.14. The van der Waals surface area contributed by atoms with Gasteiger partial charge in [-0.15, -0.1) is 6.58 Å². The molecule has 0 aliphatic carbocycles. The Morgan fingerprint density at radius 2 is 2.10 bits per heavy atom. The van der Waals surface area contributed by atoms with Crippen LogP contribution in [0.25, 0.3) is 0 Å². The molecule has 1 amide bonds. The van der Waals surface area contributed by atoms with E-state index in [-0.39, 0.29) is 12.7 Å². The average molecular weight is 289 g/mol. The largest absolute Gasteiger partial charge is 0.445 e. The second-order valence-electron chi connectivity index (χ2n) is 4.70. The fourth-order valence-electron chi connectivity index (χ4n) is 1.74. The first-order valence-electron chi connectivity index (χ1n) is 6.95. The Morgan fingerprint density at radius 1 is 1.38 bits per heavy atom. The number of hydrogen-bond acceptors (Lipinski definition) is 3. The van der Waals surface area contributed by atoms with E-state index in [1.807, 2.05) is 43.3 Å². The van der Waals surface area contributed by atoms with Crippen LogP contribution in [-0.4, -0.2) is 25.9 Å². The van der Waals surface area contributed by atoms with Crippen molar-refractivity contribution in [1.82, 2.24) is 0 Å². The van der Waals surface area contributed by atoms with E-state index in [2.05, 4.69) is 11.9 Å². The van der Waals surface area contributed by atoms with Crippen molar-refractivity contribution in [3.63, 3.8) is 0 Å². The Hall–Kier alpha value is -2.07. The lowest BCUT2D eigenvalue weighted by atomic mass is 10.1. The molecule has 0 aromatic heterocycles. The molecule has 0 bridgehead atoms. The molecule has 0 saturated carbocycles. The summed E-state index contributed by atoms with van der Waals surface area (Å²) in [4.78, 5) is 11.6. The smallest absolute Gasteiger partial charge is 0.411 e. The Balaban J connectivity index is 2.27. The third-order valence-electron chi connectivity index (χ3n) is 2.96. The molecule has 1 unspecified atom stereocenters. The van der Waals surface area contributed by atoms with Gasteiger partial charge in [0.1, 0.15) is 6.61 Å². The van der Waals surface area contributed by atoms with Crippen LogP contribution in [0.15, 0.2) is 54.6 Å². The van der Waals surface area contributed by atoms with Crippen LogP contribution in [0.1, 0.15) is 19.8 Å². The van der Waals surface area contributed by atoms with Gasteiger partial charge in [-0.3, -0.25) is 5.32 Å². The van der Waals surface area contributed by atoms with E-state index in [9.17, 15) is 4.79 Å². The predicted molar refractivity (Wildman–Crippen MR) is 85.4 cm³/mol. The summed E-state index contributed by atoms with van der Waals surface area (Å²) in [5.74, 6) is 0. The second kappa shape index (κ2) is 9.77. The molecule has 0 heterocycles. The summed E-state index contributed by atoms with van der Waals surface area (Å²) in [6.07, 6.45) is 5.18. The van der Waals surface area contributed by atoms with Crippen molar-refractivity contribution < 1.29 is 14.3 Å². The van der Waals surface area contributed by atoms with Crippen LogP contribution < -0.4 is 5.32 Å². The summed E-state index contributed by atoms with van der Waals surface area (Å²) in [5.41, 5.74) is 1.73. The molecule has 1 aromatic rings. The number of ether oxygens (including phenoxy) is 2. The fraction of sp³-hybridized carbons (Fsp3) is 0.353. The molecule has 4 heteroatoms. The Morgan fingerprint density at radius 3 is 2.71 bits per heavy atom. The minimum atomic E-state index is -0.449. The highest BCUT2D eigenvalue weighted by Gasteiger charge is 2.03. The van der Waals surface area contributed by atoms with Gasteiger partial charge in [-0.05, 0) is 37.5 Å². The molecular weight excluding hydrogens is 266 g/mol. The van der Waals surface area contributed by atoms with E-state index in [1.165, 1.54) is 0 Å². The van der Waals surface area contributed by atoms with Gasteiger partial charge in [0, 0.05) is 12.8 Å². The number of hydrogen-bond donors (Lipinski definition) is 1. The van der Waals surface area contributed by atoms with Gasteiger partial charge in [-0.2, -0.15) is 0 Å². The van der Waals surface area contributed by atoms with Gasteiger partial charge >= 0.3 is 6.09 Å². The quantitative estimate of drug-likeness (QED) is 0.731. The number of methoxy groups -OCH3 is 1. The van der Waals surface area contributed by atoms with Gasteiger partial charge in [-0.25, -0.2) is 4.79 Å². The van der Waals surface area contributed by atoms with Crippen LogP contribution in [0.5, 0.6) is 0 Å². The van der Waals surface area contributed by atoms with Crippen molar-refractivity contribution in [3.8, 4) is 0 Å². The van der Waals surface area contributed by atoms with Crippen molar-refractivity contribution >= 4 is 11.8 Å². The predicted octanol–water partition coefficient (Wildman–Crippen LogP) is 4.16. The van der Waals surface area contributed by atoms with Crippen molar-refractivity contribution in [1.29, 1.82) is 0 Å². The molecule has 0 fully saturated rings. The highest BCUT2D eigenvalue weighted by atomic mass is 16.5. The van der Waals surface area contributed by atoms with Gasteiger partial charge in [-0.1, -0.05) is 30.4 Å². The Labute approximate surface area is 126 Å². The van der Waals surface area contributed by atoms with E-state index in [4.69, 9.17) is 9.47 Å². The summed E-state index contributed by atoms with van der Waals surface area (Å²) >= 11 is 0. The van der Waals surface area contributed by atoms with E-state index >= 15 is 0 Å². The maximum atomic E-state index is 11.6. The minimum absolute atomic E-state index is 0.0661. The molecule has 114 valence electrons. The summed E-state index contributed by atoms with van der Waals surface area (Å²) < 4.78 is 10.4. The van der Waals surface area contributed by atoms with Gasteiger partial charge in [0.25, 0.3) is 0 Å². The number of benzene rings is 1. The first-order chi connectivity index (χ1) is 10.2. The molecule has 0 aliphatic heterocycles. The fourth-order valence-corrected chi connectivity index (χ4v) is 1.74. The van der Waals surface area contributed by atoms with Gasteiger partial charge in [0.15, 0.2) is 0 Å². The van der Waals surface area contributed by atoms with E-state index in [0.717, 1.165) is 24.1 Å². The summed E-state index contributed by atoms with van der Waals surface area (Å²) in [7, 11) is 1.67. The number of carbonyl (C=O) groups excluding carboxylic acids is 1. The molecule has 1 N–H and O–H groups in total. The first-order valence-corrected chi connectivity index (χ1v) is 6.95. The molecular formula is C17H23NO3.